The molecule has 0 radical (unpaired) electrons. The van der Waals surface area contributed by atoms with Crippen molar-refractivity contribution in [3.05, 3.63) is 50.0 Å². The van der Waals surface area contributed by atoms with E-state index in [1.807, 2.05) is 0 Å². The maximum atomic E-state index is 13.7. The van der Waals surface area contributed by atoms with Crippen LogP contribution in [-0.2, 0) is 16.6 Å². The number of sulfonamides is 1. The zero-order chi connectivity index (χ0) is 15.8. The number of aryl methyl sites for hydroxylation is 1. The van der Waals surface area contributed by atoms with E-state index >= 15 is 0 Å². The Balaban J connectivity index is 2.38. The summed E-state index contributed by atoms with van der Waals surface area (Å²) in [7, 11) is -2.58. The number of benzene rings is 1. The summed E-state index contributed by atoms with van der Waals surface area (Å²) in [6.07, 6.45) is 0. The van der Waals surface area contributed by atoms with Crippen LogP contribution < -0.4 is 4.87 Å². The van der Waals surface area contributed by atoms with Crippen molar-refractivity contribution in [1.29, 1.82) is 0 Å². The zero-order valence-electron chi connectivity index (χ0n) is 11.2. The Bertz CT molecular complexity index is 809. The second kappa shape index (κ2) is 5.88. The molecule has 0 saturated heterocycles. The van der Waals surface area contributed by atoms with Crippen molar-refractivity contribution in [2.45, 2.75) is 17.7 Å². The van der Waals surface area contributed by atoms with Crippen molar-refractivity contribution in [2.24, 2.45) is 0 Å². The molecule has 1 aromatic heterocycles. The van der Waals surface area contributed by atoms with E-state index < -0.39 is 20.7 Å². The van der Waals surface area contributed by atoms with Crippen LogP contribution in [0, 0.1) is 12.7 Å². The lowest BCUT2D eigenvalue weighted by atomic mass is 10.2. The van der Waals surface area contributed by atoms with Crippen molar-refractivity contribution in [2.75, 3.05) is 7.05 Å². The first kappa shape index (κ1) is 16.2. The van der Waals surface area contributed by atoms with Crippen LogP contribution in [0.4, 0.5) is 4.39 Å². The fourth-order valence-corrected chi connectivity index (χ4v) is 4.62. The summed E-state index contributed by atoms with van der Waals surface area (Å²) in [6.45, 7) is 1.27. The van der Waals surface area contributed by atoms with E-state index in [2.05, 4.69) is 4.98 Å². The largest absolute Gasteiger partial charge is 0.315 e. The molecular formula is C12H12ClFN2O3S2. The number of H-pyrrole nitrogens is 1. The monoisotopic (exact) mass is 350 g/mol. The van der Waals surface area contributed by atoms with Crippen LogP contribution in [-0.4, -0.2) is 24.8 Å². The van der Waals surface area contributed by atoms with Crippen molar-refractivity contribution in [1.82, 2.24) is 9.29 Å². The number of aromatic amines is 1. The lowest BCUT2D eigenvalue weighted by Gasteiger charge is -2.17. The third-order valence-electron chi connectivity index (χ3n) is 2.87. The van der Waals surface area contributed by atoms with E-state index in [-0.39, 0.29) is 27.0 Å². The summed E-state index contributed by atoms with van der Waals surface area (Å²) in [5, 5.41) is 0.149. The number of hydrogen-bond acceptors (Lipinski definition) is 4. The van der Waals surface area contributed by atoms with Gasteiger partial charge in [0.2, 0.25) is 0 Å². The molecule has 0 aliphatic carbocycles. The molecule has 0 amide bonds. The summed E-state index contributed by atoms with van der Waals surface area (Å²) in [4.78, 5) is 13.2. The highest BCUT2D eigenvalue weighted by atomic mass is 35.5. The average Bonchev–Trinajstić information content (AvgIpc) is 2.73. The fourth-order valence-electron chi connectivity index (χ4n) is 1.77. The van der Waals surface area contributed by atoms with E-state index in [4.69, 9.17) is 11.6 Å². The molecule has 0 aliphatic heterocycles. The summed E-state index contributed by atoms with van der Waals surface area (Å²) in [6, 6.07) is 4.14. The fraction of sp³-hybridized carbons (Fsp3) is 0.250. The zero-order valence-corrected chi connectivity index (χ0v) is 13.6. The van der Waals surface area contributed by atoms with Gasteiger partial charge in [0.15, 0.2) is 4.21 Å². The molecule has 0 aliphatic rings. The molecule has 1 N–H and O–H groups in total. The van der Waals surface area contributed by atoms with Gasteiger partial charge < -0.3 is 4.98 Å². The summed E-state index contributed by atoms with van der Waals surface area (Å²) in [5.41, 5.74) is 0.349. The standard InChI is InChI=1S/C12H12ClFN2O3S2/c1-7-11(20-12(17)15-7)21(18,19)16(2)6-8-9(13)4-3-5-10(8)14/h3-5H,6H2,1-2H3,(H,15,17). The highest BCUT2D eigenvalue weighted by Gasteiger charge is 2.27. The molecule has 9 heteroatoms. The molecule has 0 atom stereocenters. The molecule has 1 heterocycles. The van der Waals surface area contributed by atoms with Crippen molar-refractivity contribution < 1.29 is 12.8 Å². The minimum atomic E-state index is -3.89. The third-order valence-corrected chi connectivity index (χ3v) is 6.61. The summed E-state index contributed by atoms with van der Waals surface area (Å²) in [5.74, 6) is -0.580. The molecular weight excluding hydrogens is 339 g/mol. The number of halogens is 2. The van der Waals surface area contributed by atoms with Gasteiger partial charge in [-0.3, -0.25) is 4.79 Å². The van der Waals surface area contributed by atoms with Gasteiger partial charge in [0.1, 0.15) is 5.82 Å². The first-order valence-electron chi connectivity index (χ1n) is 5.82. The number of aromatic nitrogens is 1. The smallest absolute Gasteiger partial charge is 0.305 e. The first-order chi connectivity index (χ1) is 9.73. The Morgan fingerprint density at radius 3 is 2.62 bits per heavy atom. The Labute approximate surface area is 130 Å². The Kier molecular flexibility index (Phi) is 4.52. The van der Waals surface area contributed by atoms with Gasteiger partial charge in [0.25, 0.3) is 10.0 Å². The van der Waals surface area contributed by atoms with Crippen molar-refractivity contribution in [3.63, 3.8) is 0 Å². The number of hydrogen-bond donors (Lipinski definition) is 1. The quantitative estimate of drug-likeness (QED) is 0.920. The normalized spacial score (nSPS) is 12.0. The topological polar surface area (TPSA) is 70.2 Å². The van der Waals surface area contributed by atoms with Gasteiger partial charge in [-0.2, -0.15) is 4.31 Å². The second-order valence-electron chi connectivity index (χ2n) is 4.39. The first-order valence-corrected chi connectivity index (χ1v) is 8.46. The molecule has 0 spiro atoms. The van der Waals surface area contributed by atoms with Crippen LogP contribution in [0.3, 0.4) is 0 Å². The SMILES string of the molecule is Cc1[nH]c(=O)sc1S(=O)(=O)N(C)Cc1c(F)cccc1Cl. The lowest BCUT2D eigenvalue weighted by Crippen LogP contribution is -2.27. The van der Waals surface area contributed by atoms with Gasteiger partial charge >= 0.3 is 4.87 Å². The van der Waals surface area contributed by atoms with Gasteiger partial charge in [-0.1, -0.05) is 29.0 Å². The van der Waals surface area contributed by atoms with E-state index in [0.29, 0.717) is 11.3 Å². The average molecular weight is 351 g/mol. The highest BCUT2D eigenvalue weighted by molar-refractivity contribution is 7.91. The van der Waals surface area contributed by atoms with Crippen LogP contribution in [0.1, 0.15) is 11.3 Å². The van der Waals surface area contributed by atoms with E-state index in [1.54, 1.807) is 0 Å². The number of thiazole rings is 1. The van der Waals surface area contributed by atoms with Crippen LogP contribution in [0.5, 0.6) is 0 Å². The van der Waals surface area contributed by atoms with Crippen molar-refractivity contribution >= 4 is 33.0 Å². The molecule has 0 bridgehead atoms. The Hall–Kier alpha value is -1.22. The van der Waals surface area contributed by atoms with Gasteiger partial charge in [-0.25, -0.2) is 12.8 Å². The molecule has 1 aromatic carbocycles. The number of nitrogens with one attached hydrogen (secondary N) is 1. The summed E-state index contributed by atoms with van der Waals surface area (Å²) < 4.78 is 39.4. The molecule has 0 saturated carbocycles. The lowest BCUT2D eigenvalue weighted by molar-refractivity contribution is 0.457. The molecule has 2 rings (SSSR count). The Morgan fingerprint density at radius 2 is 2.10 bits per heavy atom. The molecule has 21 heavy (non-hydrogen) atoms. The Morgan fingerprint density at radius 1 is 1.43 bits per heavy atom. The number of rotatable bonds is 4. The van der Waals surface area contributed by atoms with Gasteiger partial charge in [0, 0.05) is 29.9 Å². The second-order valence-corrected chi connectivity index (χ2v) is 8.02. The van der Waals surface area contributed by atoms with E-state index in [1.165, 1.54) is 32.2 Å². The predicted octanol–water partition coefficient (Wildman–Crippen LogP) is 2.36. The van der Waals surface area contributed by atoms with E-state index in [9.17, 15) is 17.6 Å². The van der Waals surface area contributed by atoms with Gasteiger partial charge in [-0.05, 0) is 19.1 Å². The van der Waals surface area contributed by atoms with Crippen LogP contribution in [0.25, 0.3) is 0 Å². The predicted molar refractivity (Wildman–Crippen MR) is 79.7 cm³/mol. The highest BCUT2D eigenvalue weighted by Crippen LogP contribution is 2.25. The molecule has 5 nitrogen and oxygen atoms in total. The van der Waals surface area contributed by atoms with Gasteiger partial charge in [0.05, 0.1) is 0 Å². The molecule has 0 fully saturated rings. The van der Waals surface area contributed by atoms with Crippen LogP contribution in [0.15, 0.2) is 27.2 Å². The van der Waals surface area contributed by atoms with Crippen LogP contribution >= 0.6 is 22.9 Å². The molecule has 2 aromatic rings. The minimum absolute atomic E-state index is 0.0811. The maximum Gasteiger partial charge on any atom is 0.305 e. The minimum Gasteiger partial charge on any atom is -0.315 e. The van der Waals surface area contributed by atoms with Crippen LogP contribution in [0.2, 0.25) is 5.02 Å². The van der Waals surface area contributed by atoms with E-state index in [0.717, 1.165) is 4.31 Å². The summed E-state index contributed by atoms with van der Waals surface area (Å²) >= 11 is 6.49. The third kappa shape index (κ3) is 3.18. The van der Waals surface area contributed by atoms with Crippen molar-refractivity contribution in [3.8, 4) is 0 Å². The number of nitrogens with zero attached hydrogens (tertiary/aromatic N) is 1. The van der Waals surface area contributed by atoms with Gasteiger partial charge in [-0.15, -0.1) is 0 Å². The maximum absolute atomic E-state index is 13.7. The molecule has 0 unspecified atom stereocenters. The molecule has 114 valence electrons.